The monoisotopic (exact) mass is 297 g/mol. The second kappa shape index (κ2) is 7.42. The first-order valence-corrected chi connectivity index (χ1v) is 7.13. The lowest BCUT2D eigenvalue weighted by Gasteiger charge is -2.27. The molecular formula is C13H20ClN5O. The van der Waals surface area contributed by atoms with Crippen molar-refractivity contribution in [3.63, 3.8) is 0 Å². The van der Waals surface area contributed by atoms with Crippen molar-refractivity contribution in [1.82, 2.24) is 20.0 Å². The summed E-state index contributed by atoms with van der Waals surface area (Å²) in [5, 5.41) is 10.7. The number of halogens is 1. The van der Waals surface area contributed by atoms with Crippen LogP contribution < -0.4 is 16.2 Å². The molecule has 2 rings (SSSR count). The van der Waals surface area contributed by atoms with E-state index in [0.717, 1.165) is 39.3 Å². The minimum absolute atomic E-state index is 0.183. The van der Waals surface area contributed by atoms with Crippen LogP contribution >= 0.6 is 11.6 Å². The number of aromatic nitrogens is 2. The summed E-state index contributed by atoms with van der Waals surface area (Å²) in [6, 6.07) is 0. The smallest absolute Gasteiger partial charge is 0.287 e. The van der Waals surface area contributed by atoms with Crippen molar-refractivity contribution in [2.45, 2.75) is 6.54 Å². The van der Waals surface area contributed by atoms with Gasteiger partial charge in [-0.2, -0.15) is 5.10 Å². The summed E-state index contributed by atoms with van der Waals surface area (Å²) in [6.07, 6.45) is 3.20. The molecule has 1 aliphatic heterocycles. The fraction of sp³-hybridized carbons (Fsp3) is 0.538. The molecule has 1 saturated heterocycles. The maximum Gasteiger partial charge on any atom is 0.287 e. The summed E-state index contributed by atoms with van der Waals surface area (Å²) in [5.41, 5.74) is 0.297. The third-order valence-corrected chi connectivity index (χ3v) is 3.61. The van der Waals surface area contributed by atoms with Crippen LogP contribution in [0, 0.1) is 0 Å². The Kier molecular flexibility index (Phi) is 5.58. The zero-order valence-electron chi connectivity index (χ0n) is 11.4. The van der Waals surface area contributed by atoms with E-state index in [-0.39, 0.29) is 10.6 Å². The molecule has 1 aromatic heterocycles. The van der Waals surface area contributed by atoms with Crippen LogP contribution in [0.3, 0.4) is 0 Å². The molecule has 0 amide bonds. The number of rotatable bonds is 6. The van der Waals surface area contributed by atoms with Gasteiger partial charge >= 0.3 is 0 Å². The van der Waals surface area contributed by atoms with Gasteiger partial charge in [0.2, 0.25) is 0 Å². The first kappa shape index (κ1) is 15.0. The van der Waals surface area contributed by atoms with Gasteiger partial charge in [0.1, 0.15) is 5.02 Å². The fourth-order valence-corrected chi connectivity index (χ4v) is 2.34. The van der Waals surface area contributed by atoms with Gasteiger partial charge in [0.25, 0.3) is 5.56 Å². The van der Waals surface area contributed by atoms with Gasteiger partial charge in [-0.1, -0.05) is 17.7 Å². The van der Waals surface area contributed by atoms with E-state index in [1.807, 2.05) is 0 Å². The van der Waals surface area contributed by atoms with Crippen molar-refractivity contribution in [2.24, 2.45) is 0 Å². The van der Waals surface area contributed by atoms with E-state index in [2.05, 4.69) is 27.2 Å². The summed E-state index contributed by atoms with van der Waals surface area (Å²) in [6.45, 7) is 9.76. The zero-order chi connectivity index (χ0) is 14.4. The Bertz CT molecular complexity index is 510. The van der Waals surface area contributed by atoms with Crippen LogP contribution in [0.15, 0.2) is 23.6 Å². The van der Waals surface area contributed by atoms with Crippen molar-refractivity contribution in [3.8, 4) is 0 Å². The molecule has 7 heteroatoms. The predicted molar refractivity (Wildman–Crippen MR) is 81.5 cm³/mol. The third-order valence-electron chi connectivity index (χ3n) is 3.24. The highest BCUT2D eigenvalue weighted by Crippen LogP contribution is 2.14. The lowest BCUT2D eigenvalue weighted by Crippen LogP contribution is -2.45. The Labute approximate surface area is 123 Å². The number of nitrogens with one attached hydrogen (secondary N) is 2. The highest BCUT2D eigenvalue weighted by molar-refractivity contribution is 6.32. The van der Waals surface area contributed by atoms with Crippen molar-refractivity contribution >= 4 is 17.3 Å². The Morgan fingerprint density at radius 2 is 2.25 bits per heavy atom. The molecule has 1 aromatic rings. The lowest BCUT2D eigenvalue weighted by atomic mass is 10.3. The van der Waals surface area contributed by atoms with E-state index in [4.69, 9.17) is 11.6 Å². The third kappa shape index (κ3) is 3.82. The molecule has 0 unspecified atom stereocenters. The van der Waals surface area contributed by atoms with Crippen LogP contribution in [-0.2, 0) is 6.54 Å². The maximum absolute atomic E-state index is 11.9. The van der Waals surface area contributed by atoms with Gasteiger partial charge in [-0.3, -0.25) is 9.69 Å². The van der Waals surface area contributed by atoms with Crippen LogP contribution in [-0.4, -0.2) is 53.9 Å². The highest BCUT2D eigenvalue weighted by atomic mass is 35.5. The average molecular weight is 298 g/mol. The second-order valence-electron chi connectivity index (χ2n) is 4.67. The summed E-state index contributed by atoms with van der Waals surface area (Å²) in [5.74, 6) is 0. The Morgan fingerprint density at radius 3 is 2.95 bits per heavy atom. The van der Waals surface area contributed by atoms with Gasteiger partial charge in [-0.25, -0.2) is 4.68 Å². The molecule has 6 nitrogen and oxygen atoms in total. The summed E-state index contributed by atoms with van der Waals surface area (Å²) in [7, 11) is 0. The minimum atomic E-state index is -0.293. The maximum atomic E-state index is 11.9. The van der Waals surface area contributed by atoms with Gasteiger partial charge in [0.15, 0.2) is 0 Å². The van der Waals surface area contributed by atoms with E-state index in [0.29, 0.717) is 12.2 Å². The normalized spacial score (nSPS) is 16.1. The molecular weight excluding hydrogens is 278 g/mol. The molecule has 0 bridgehead atoms. The number of nitrogens with zero attached hydrogens (tertiary/aromatic N) is 3. The SMILES string of the molecule is C=CCn1ncc(NCCN2CCNCC2)c(Cl)c1=O. The fourth-order valence-electron chi connectivity index (χ4n) is 2.12. The number of hydrogen-bond acceptors (Lipinski definition) is 5. The van der Waals surface area contributed by atoms with Gasteiger partial charge in [-0.05, 0) is 0 Å². The van der Waals surface area contributed by atoms with Crippen LogP contribution in [0.2, 0.25) is 5.02 Å². The largest absolute Gasteiger partial charge is 0.381 e. The second-order valence-corrected chi connectivity index (χ2v) is 5.04. The molecule has 2 heterocycles. The minimum Gasteiger partial charge on any atom is -0.381 e. The molecule has 0 spiro atoms. The number of hydrogen-bond donors (Lipinski definition) is 2. The molecule has 0 atom stereocenters. The molecule has 0 aliphatic carbocycles. The first-order valence-electron chi connectivity index (χ1n) is 6.76. The molecule has 1 fully saturated rings. The van der Waals surface area contributed by atoms with Crippen LogP contribution in [0.25, 0.3) is 0 Å². The van der Waals surface area contributed by atoms with Crippen molar-refractivity contribution in [2.75, 3.05) is 44.6 Å². The number of piperazine rings is 1. The molecule has 1 aliphatic rings. The van der Waals surface area contributed by atoms with E-state index in [1.165, 1.54) is 4.68 Å². The van der Waals surface area contributed by atoms with Gasteiger partial charge in [0, 0.05) is 39.3 Å². The van der Waals surface area contributed by atoms with E-state index >= 15 is 0 Å². The van der Waals surface area contributed by atoms with Crippen molar-refractivity contribution < 1.29 is 0 Å². The number of allylic oxidation sites excluding steroid dienone is 1. The zero-order valence-corrected chi connectivity index (χ0v) is 12.2. The first-order chi connectivity index (χ1) is 9.72. The molecule has 0 saturated carbocycles. The van der Waals surface area contributed by atoms with Gasteiger partial charge in [0.05, 0.1) is 18.4 Å². The summed E-state index contributed by atoms with van der Waals surface area (Å²) in [4.78, 5) is 14.3. The topological polar surface area (TPSA) is 62.2 Å². The van der Waals surface area contributed by atoms with E-state index in [9.17, 15) is 4.79 Å². The number of anilines is 1. The van der Waals surface area contributed by atoms with Crippen LogP contribution in [0.5, 0.6) is 0 Å². The Balaban J connectivity index is 1.91. The molecule has 0 radical (unpaired) electrons. The Morgan fingerprint density at radius 1 is 1.50 bits per heavy atom. The standard InChI is InChI=1S/C13H20ClN5O/c1-2-6-19-13(20)12(14)11(10-17-19)16-5-9-18-7-3-15-4-8-18/h2,10,15-16H,1,3-9H2. The predicted octanol–water partition coefficient (Wildman–Crippen LogP) is 0.400. The quantitative estimate of drug-likeness (QED) is 0.744. The van der Waals surface area contributed by atoms with Gasteiger partial charge in [-0.15, -0.1) is 6.58 Å². The van der Waals surface area contributed by atoms with Crippen molar-refractivity contribution in [3.05, 3.63) is 34.2 Å². The summed E-state index contributed by atoms with van der Waals surface area (Å²) >= 11 is 6.06. The Hall–Kier alpha value is -1.37. The molecule has 0 aromatic carbocycles. The average Bonchev–Trinajstić information content (AvgIpc) is 2.48. The van der Waals surface area contributed by atoms with Crippen molar-refractivity contribution in [1.29, 1.82) is 0 Å². The van der Waals surface area contributed by atoms with Crippen LogP contribution in [0.1, 0.15) is 0 Å². The van der Waals surface area contributed by atoms with Gasteiger partial charge < -0.3 is 10.6 Å². The lowest BCUT2D eigenvalue weighted by molar-refractivity contribution is 0.249. The van der Waals surface area contributed by atoms with E-state index < -0.39 is 0 Å². The van der Waals surface area contributed by atoms with E-state index in [1.54, 1.807) is 12.3 Å². The van der Waals surface area contributed by atoms with Crippen LogP contribution in [0.4, 0.5) is 5.69 Å². The highest BCUT2D eigenvalue weighted by Gasteiger charge is 2.11. The summed E-state index contributed by atoms with van der Waals surface area (Å²) < 4.78 is 1.29. The molecule has 2 N–H and O–H groups in total. The molecule has 20 heavy (non-hydrogen) atoms. The molecule has 110 valence electrons.